The molecule has 0 N–H and O–H groups in total. The molecular weight excluding hydrogens is 311 g/mol. The Balaban J connectivity index is 1.74. The fourth-order valence-electron chi connectivity index (χ4n) is 1.78. The van der Waals surface area contributed by atoms with E-state index in [1.807, 2.05) is 0 Å². The van der Waals surface area contributed by atoms with Gasteiger partial charge in [0.1, 0.15) is 22.9 Å². The summed E-state index contributed by atoms with van der Waals surface area (Å²) in [6.07, 6.45) is 2.26. The van der Waals surface area contributed by atoms with Crippen LogP contribution in [0.2, 0.25) is 0 Å². The van der Waals surface area contributed by atoms with Crippen LogP contribution >= 0.6 is 15.9 Å². The molecule has 1 heterocycles. The second-order valence-electron chi connectivity index (χ2n) is 4.54. The van der Waals surface area contributed by atoms with Gasteiger partial charge in [-0.2, -0.15) is 4.98 Å². The van der Waals surface area contributed by atoms with Crippen molar-refractivity contribution in [2.45, 2.75) is 25.4 Å². The number of ether oxygens (including phenoxy) is 1. The minimum absolute atomic E-state index is 0.167. The summed E-state index contributed by atoms with van der Waals surface area (Å²) >= 11 is 3.34. The highest BCUT2D eigenvalue weighted by atomic mass is 79.9. The molecule has 5 heteroatoms. The summed E-state index contributed by atoms with van der Waals surface area (Å²) in [4.78, 5) is 8.67. The summed E-state index contributed by atoms with van der Waals surface area (Å²) in [6, 6.07) is 8.27. The molecule has 19 heavy (non-hydrogen) atoms. The lowest BCUT2D eigenvalue weighted by Crippen LogP contribution is -2.02. The molecular formula is C14H12BrFN2O. The highest BCUT2D eigenvalue weighted by molar-refractivity contribution is 9.10. The van der Waals surface area contributed by atoms with Crippen molar-refractivity contribution < 1.29 is 9.13 Å². The Bertz CT molecular complexity index is 602. The Morgan fingerprint density at radius 2 is 2.05 bits per heavy atom. The average Bonchev–Trinajstić information content (AvgIpc) is 3.21. The first-order chi connectivity index (χ1) is 9.22. The first-order valence-electron chi connectivity index (χ1n) is 6.13. The van der Waals surface area contributed by atoms with E-state index in [1.54, 1.807) is 24.3 Å². The molecule has 1 aromatic heterocycles. The average molecular weight is 323 g/mol. The lowest BCUT2D eigenvalue weighted by atomic mass is 10.2. The van der Waals surface area contributed by atoms with Crippen LogP contribution in [0.25, 0.3) is 0 Å². The van der Waals surface area contributed by atoms with Gasteiger partial charge in [0, 0.05) is 17.5 Å². The van der Waals surface area contributed by atoms with Crippen molar-refractivity contribution in [3.8, 4) is 5.88 Å². The van der Waals surface area contributed by atoms with Crippen molar-refractivity contribution in [2.75, 3.05) is 0 Å². The molecule has 1 fully saturated rings. The lowest BCUT2D eigenvalue weighted by molar-refractivity contribution is 0.286. The Morgan fingerprint density at radius 1 is 1.26 bits per heavy atom. The van der Waals surface area contributed by atoms with Gasteiger partial charge in [-0.15, -0.1) is 0 Å². The maximum atomic E-state index is 13.5. The number of halogens is 2. The van der Waals surface area contributed by atoms with Gasteiger partial charge in [0.05, 0.1) is 0 Å². The van der Waals surface area contributed by atoms with E-state index in [9.17, 15) is 4.39 Å². The first kappa shape index (κ1) is 12.5. The number of hydrogen-bond donors (Lipinski definition) is 0. The molecule has 0 atom stereocenters. The van der Waals surface area contributed by atoms with Crippen LogP contribution in [-0.2, 0) is 6.61 Å². The van der Waals surface area contributed by atoms with Gasteiger partial charge in [-0.1, -0.05) is 18.2 Å². The molecule has 0 spiro atoms. The van der Waals surface area contributed by atoms with Gasteiger partial charge in [0.25, 0.3) is 0 Å². The summed E-state index contributed by atoms with van der Waals surface area (Å²) in [5.74, 6) is 1.47. The summed E-state index contributed by atoms with van der Waals surface area (Å²) in [5, 5.41) is 0. The fourth-order valence-corrected chi connectivity index (χ4v) is 2.16. The Kier molecular flexibility index (Phi) is 3.46. The van der Waals surface area contributed by atoms with E-state index in [0.29, 0.717) is 22.0 Å². The van der Waals surface area contributed by atoms with Crippen molar-refractivity contribution >= 4 is 15.9 Å². The molecule has 3 nitrogen and oxygen atoms in total. The minimum atomic E-state index is -0.266. The Hall–Kier alpha value is -1.49. The van der Waals surface area contributed by atoms with E-state index in [0.717, 1.165) is 18.7 Å². The first-order valence-corrected chi connectivity index (χ1v) is 6.92. The zero-order valence-corrected chi connectivity index (χ0v) is 11.7. The zero-order chi connectivity index (χ0) is 13.2. The Labute approximate surface area is 119 Å². The summed E-state index contributed by atoms with van der Waals surface area (Å²) in [5.41, 5.74) is 0.519. The van der Waals surface area contributed by atoms with Crippen molar-refractivity contribution in [1.29, 1.82) is 0 Å². The maximum Gasteiger partial charge on any atom is 0.218 e. The van der Waals surface area contributed by atoms with Gasteiger partial charge in [0.2, 0.25) is 5.88 Å². The standard InChI is InChI=1S/C14H12BrFN2O/c15-12-7-13(18-14(17-12)9-5-6-9)19-8-10-3-1-2-4-11(10)16/h1-4,7,9H,5-6,8H2. The van der Waals surface area contributed by atoms with Gasteiger partial charge < -0.3 is 4.74 Å². The molecule has 0 amide bonds. The van der Waals surface area contributed by atoms with Gasteiger partial charge in [-0.3, -0.25) is 0 Å². The third-order valence-corrected chi connectivity index (χ3v) is 3.37. The molecule has 1 aromatic carbocycles. The molecule has 3 rings (SSSR count). The number of benzene rings is 1. The van der Waals surface area contributed by atoms with Gasteiger partial charge in [-0.05, 0) is 34.8 Å². The summed E-state index contributed by atoms with van der Waals surface area (Å²) in [6.45, 7) is 0.167. The van der Waals surface area contributed by atoms with Gasteiger partial charge in [0.15, 0.2) is 0 Å². The zero-order valence-electron chi connectivity index (χ0n) is 10.1. The molecule has 0 unspecified atom stereocenters. The van der Waals surface area contributed by atoms with Crippen molar-refractivity contribution in [1.82, 2.24) is 9.97 Å². The van der Waals surface area contributed by atoms with E-state index in [-0.39, 0.29) is 12.4 Å². The van der Waals surface area contributed by atoms with Gasteiger partial charge >= 0.3 is 0 Å². The molecule has 2 aromatic rings. The largest absolute Gasteiger partial charge is 0.473 e. The van der Waals surface area contributed by atoms with Crippen LogP contribution in [-0.4, -0.2) is 9.97 Å². The number of aromatic nitrogens is 2. The number of hydrogen-bond acceptors (Lipinski definition) is 3. The fraction of sp³-hybridized carbons (Fsp3) is 0.286. The number of nitrogens with zero attached hydrogens (tertiary/aromatic N) is 2. The van der Waals surface area contributed by atoms with Crippen LogP contribution in [0.4, 0.5) is 4.39 Å². The smallest absolute Gasteiger partial charge is 0.218 e. The van der Waals surface area contributed by atoms with E-state index < -0.39 is 0 Å². The summed E-state index contributed by atoms with van der Waals surface area (Å²) < 4.78 is 19.7. The molecule has 0 saturated heterocycles. The highest BCUT2D eigenvalue weighted by Gasteiger charge is 2.27. The highest BCUT2D eigenvalue weighted by Crippen LogP contribution is 2.39. The monoisotopic (exact) mass is 322 g/mol. The topological polar surface area (TPSA) is 35.0 Å². The van der Waals surface area contributed by atoms with Gasteiger partial charge in [-0.25, -0.2) is 9.37 Å². The van der Waals surface area contributed by atoms with E-state index in [4.69, 9.17) is 4.74 Å². The summed E-state index contributed by atoms with van der Waals surface area (Å²) in [7, 11) is 0. The predicted octanol–water partition coefficient (Wildman–Crippen LogP) is 3.83. The van der Waals surface area contributed by atoms with Crippen LogP contribution < -0.4 is 4.74 Å². The van der Waals surface area contributed by atoms with Crippen LogP contribution in [0.15, 0.2) is 34.9 Å². The van der Waals surface area contributed by atoms with Crippen molar-refractivity contribution in [3.05, 3.63) is 52.1 Å². The molecule has 1 saturated carbocycles. The van der Waals surface area contributed by atoms with Crippen LogP contribution in [0.5, 0.6) is 5.88 Å². The van der Waals surface area contributed by atoms with E-state index in [2.05, 4.69) is 25.9 Å². The molecule has 98 valence electrons. The van der Waals surface area contributed by atoms with Crippen molar-refractivity contribution in [2.24, 2.45) is 0 Å². The molecule has 1 aliphatic carbocycles. The van der Waals surface area contributed by atoms with Crippen molar-refractivity contribution in [3.63, 3.8) is 0 Å². The third-order valence-electron chi connectivity index (χ3n) is 2.96. The van der Waals surface area contributed by atoms with Crippen LogP contribution in [0.1, 0.15) is 30.1 Å². The van der Waals surface area contributed by atoms with Crippen LogP contribution in [0, 0.1) is 5.82 Å². The predicted molar refractivity (Wildman–Crippen MR) is 72.4 cm³/mol. The second-order valence-corrected chi connectivity index (χ2v) is 5.35. The minimum Gasteiger partial charge on any atom is -0.473 e. The molecule has 1 aliphatic rings. The normalized spacial score (nSPS) is 14.4. The molecule has 0 bridgehead atoms. The quantitative estimate of drug-likeness (QED) is 0.802. The lowest BCUT2D eigenvalue weighted by Gasteiger charge is -2.08. The molecule has 0 aliphatic heterocycles. The maximum absolute atomic E-state index is 13.5. The third kappa shape index (κ3) is 3.10. The second kappa shape index (κ2) is 5.25. The van der Waals surface area contributed by atoms with Crippen LogP contribution in [0.3, 0.4) is 0 Å². The van der Waals surface area contributed by atoms with E-state index >= 15 is 0 Å². The SMILES string of the molecule is Fc1ccccc1COc1cc(Br)nc(C2CC2)n1. The Morgan fingerprint density at radius 3 is 2.79 bits per heavy atom. The number of rotatable bonds is 4. The van der Waals surface area contributed by atoms with E-state index in [1.165, 1.54) is 6.07 Å². The molecule has 0 radical (unpaired) electrons.